The van der Waals surface area contributed by atoms with Crippen LogP contribution in [0.5, 0.6) is 11.5 Å². The van der Waals surface area contributed by atoms with E-state index in [0.717, 1.165) is 56.0 Å². The van der Waals surface area contributed by atoms with Gasteiger partial charge in [-0.3, -0.25) is 9.36 Å². The molecule has 0 spiro atoms. The van der Waals surface area contributed by atoms with Gasteiger partial charge in [0.2, 0.25) is 0 Å². The molecule has 180 valence electrons. The number of ether oxygens (including phenoxy) is 2. The average Bonchev–Trinajstić information content (AvgIpc) is 3.30. The van der Waals surface area contributed by atoms with Crippen molar-refractivity contribution >= 4 is 21.8 Å². The summed E-state index contributed by atoms with van der Waals surface area (Å²) in [6, 6.07) is 9.47. The van der Waals surface area contributed by atoms with Crippen LogP contribution >= 0.6 is 0 Å². The summed E-state index contributed by atoms with van der Waals surface area (Å²) in [5.74, 6) is 2.68. The van der Waals surface area contributed by atoms with Crippen molar-refractivity contribution in [3.63, 3.8) is 0 Å². The van der Waals surface area contributed by atoms with Crippen LogP contribution in [0.4, 0.5) is 0 Å². The zero-order chi connectivity index (χ0) is 23.9. The molecule has 9 heteroatoms. The van der Waals surface area contributed by atoms with Crippen LogP contribution in [0.1, 0.15) is 24.3 Å². The molecular weight excluding hydrogens is 446 g/mol. The number of aromatic amines is 1. The molecule has 35 heavy (non-hydrogen) atoms. The van der Waals surface area contributed by atoms with Crippen LogP contribution in [0, 0.1) is 5.92 Å². The summed E-state index contributed by atoms with van der Waals surface area (Å²) in [4.78, 5) is 39.2. The number of methoxy groups -OCH3 is 1. The van der Waals surface area contributed by atoms with E-state index in [2.05, 4.69) is 19.9 Å². The van der Waals surface area contributed by atoms with Crippen LogP contribution in [0.15, 0.2) is 52.4 Å². The van der Waals surface area contributed by atoms with Gasteiger partial charge in [-0.15, -0.1) is 0 Å². The molecule has 2 aromatic heterocycles. The molecule has 2 atom stereocenters. The molecule has 9 nitrogen and oxygen atoms in total. The average molecular weight is 474 g/mol. The number of likely N-dealkylation sites (tertiary alicyclic amines) is 1. The molecule has 4 aromatic rings. The van der Waals surface area contributed by atoms with Crippen molar-refractivity contribution in [2.75, 3.05) is 33.4 Å². The Kier molecular flexibility index (Phi) is 5.49. The molecule has 0 amide bonds. The second kappa shape index (κ2) is 8.81. The number of hydrogen-bond donors (Lipinski definition) is 1. The predicted octanol–water partition coefficient (Wildman–Crippen LogP) is 2.53. The monoisotopic (exact) mass is 473 g/mol. The van der Waals surface area contributed by atoms with Gasteiger partial charge >= 0.3 is 5.69 Å². The van der Waals surface area contributed by atoms with Gasteiger partial charge in [-0.1, -0.05) is 6.07 Å². The fraction of sp³-hybridized carbons (Fsp3) is 0.385. The van der Waals surface area contributed by atoms with Crippen LogP contribution in [0.2, 0.25) is 0 Å². The lowest BCUT2D eigenvalue weighted by Gasteiger charge is -2.29. The minimum absolute atomic E-state index is 0.280. The highest BCUT2D eigenvalue weighted by atomic mass is 16.5. The molecule has 0 unspecified atom stereocenters. The highest BCUT2D eigenvalue weighted by Crippen LogP contribution is 2.46. The normalized spacial score (nSPS) is 19.5. The number of rotatable bonds is 6. The molecule has 6 rings (SSSR count). The van der Waals surface area contributed by atoms with Crippen LogP contribution in [-0.4, -0.2) is 57.8 Å². The second-order valence-electron chi connectivity index (χ2n) is 9.38. The standard InChI is InChI=1S/C26H27N5O4/c1-34-22-5-4-6-23-24(22)19-13-30(12-17(19)14-35-23)7-2-3-8-31-25(32)18-10-20-16(11-27-15-28-20)9-21(18)29-26(31)33/h4-6,9-11,15,17,19H,2-3,7-8,12-14H2,1H3,(H,29,33)/t17-,19-/m1/s1. The highest BCUT2D eigenvalue weighted by molar-refractivity contribution is 5.93. The quantitative estimate of drug-likeness (QED) is 0.339. The zero-order valence-corrected chi connectivity index (χ0v) is 19.6. The Morgan fingerprint density at radius 3 is 2.94 bits per heavy atom. The van der Waals surface area contributed by atoms with Crippen molar-refractivity contribution in [3.8, 4) is 11.5 Å². The summed E-state index contributed by atoms with van der Waals surface area (Å²) in [6.45, 7) is 3.97. The third kappa shape index (κ3) is 3.85. The smallest absolute Gasteiger partial charge is 0.328 e. The van der Waals surface area contributed by atoms with Crippen molar-refractivity contribution in [2.45, 2.75) is 25.3 Å². The molecule has 4 heterocycles. The van der Waals surface area contributed by atoms with E-state index in [9.17, 15) is 9.59 Å². The number of nitrogens with one attached hydrogen (secondary N) is 1. The summed E-state index contributed by atoms with van der Waals surface area (Å²) < 4.78 is 12.9. The molecule has 0 bridgehead atoms. The van der Waals surface area contributed by atoms with E-state index in [-0.39, 0.29) is 11.2 Å². The number of aromatic nitrogens is 4. The lowest BCUT2D eigenvalue weighted by molar-refractivity contribution is 0.209. The maximum Gasteiger partial charge on any atom is 0.328 e. The Hall–Kier alpha value is -3.72. The maximum absolute atomic E-state index is 13.1. The molecule has 2 aliphatic heterocycles. The number of H-pyrrole nitrogens is 1. The summed E-state index contributed by atoms with van der Waals surface area (Å²) in [7, 11) is 1.71. The highest BCUT2D eigenvalue weighted by Gasteiger charge is 2.40. The molecule has 1 fully saturated rings. The third-order valence-electron chi connectivity index (χ3n) is 7.30. The lowest BCUT2D eigenvalue weighted by atomic mass is 9.86. The molecule has 2 aliphatic rings. The Morgan fingerprint density at radius 1 is 1.17 bits per heavy atom. The molecular formula is C26H27N5O4. The van der Waals surface area contributed by atoms with Gasteiger partial charge in [-0.2, -0.15) is 0 Å². The number of fused-ring (bicyclic) bond motifs is 5. The van der Waals surface area contributed by atoms with Gasteiger partial charge in [0.25, 0.3) is 5.56 Å². The van der Waals surface area contributed by atoms with Gasteiger partial charge in [-0.05, 0) is 43.7 Å². The largest absolute Gasteiger partial charge is 0.496 e. The fourth-order valence-electron chi connectivity index (χ4n) is 5.57. The first kappa shape index (κ1) is 21.8. The molecule has 1 saturated heterocycles. The first-order valence-corrected chi connectivity index (χ1v) is 12.0. The number of nitrogens with zero attached hydrogens (tertiary/aromatic N) is 4. The topological polar surface area (TPSA) is 102 Å². The van der Waals surface area contributed by atoms with Gasteiger partial charge in [0.1, 0.15) is 17.8 Å². The minimum atomic E-state index is -0.383. The fourth-order valence-corrected chi connectivity index (χ4v) is 5.57. The van der Waals surface area contributed by atoms with Crippen LogP contribution in [-0.2, 0) is 6.54 Å². The van der Waals surface area contributed by atoms with Crippen molar-refractivity contribution in [2.24, 2.45) is 5.92 Å². The predicted molar refractivity (Wildman–Crippen MR) is 132 cm³/mol. The molecule has 0 saturated carbocycles. The van der Waals surface area contributed by atoms with Gasteiger partial charge < -0.3 is 19.4 Å². The van der Waals surface area contributed by atoms with E-state index >= 15 is 0 Å². The Morgan fingerprint density at radius 2 is 2.06 bits per heavy atom. The van der Waals surface area contributed by atoms with E-state index in [1.807, 2.05) is 18.2 Å². The van der Waals surface area contributed by atoms with Gasteiger partial charge in [-0.25, -0.2) is 14.8 Å². The van der Waals surface area contributed by atoms with Gasteiger partial charge in [0, 0.05) is 48.6 Å². The van der Waals surface area contributed by atoms with Crippen molar-refractivity contribution in [1.82, 2.24) is 24.4 Å². The summed E-state index contributed by atoms with van der Waals surface area (Å²) in [6.07, 6.45) is 4.76. The van der Waals surface area contributed by atoms with Crippen molar-refractivity contribution < 1.29 is 9.47 Å². The van der Waals surface area contributed by atoms with Gasteiger partial charge in [0.15, 0.2) is 0 Å². The van der Waals surface area contributed by atoms with Crippen LogP contribution < -0.4 is 20.7 Å². The SMILES string of the molecule is COc1cccc2c1[C@@H]1CN(CCCCn3c(=O)[nH]c4cc5cncnc5cc4c3=O)C[C@@H]1CO2. The van der Waals surface area contributed by atoms with Crippen LogP contribution in [0.25, 0.3) is 21.8 Å². The summed E-state index contributed by atoms with van der Waals surface area (Å²) in [5, 5.41) is 1.25. The number of hydrogen-bond acceptors (Lipinski definition) is 7. The molecule has 1 N–H and O–H groups in total. The van der Waals surface area contributed by atoms with Crippen molar-refractivity contribution in [3.05, 3.63) is 69.3 Å². The van der Waals surface area contributed by atoms with E-state index < -0.39 is 0 Å². The van der Waals surface area contributed by atoms with E-state index in [0.29, 0.717) is 34.8 Å². The number of unbranched alkanes of at least 4 members (excludes halogenated alkanes) is 1. The van der Waals surface area contributed by atoms with E-state index in [1.54, 1.807) is 25.4 Å². The van der Waals surface area contributed by atoms with Crippen LogP contribution in [0.3, 0.4) is 0 Å². The summed E-state index contributed by atoms with van der Waals surface area (Å²) >= 11 is 0. The zero-order valence-electron chi connectivity index (χ0n) is 19.6. The third-order valence-corrected chi connectivity index (χ3v) is 7.30. The first-order valence-electron chi connectivity index (χ1n) is 12.0. The van der Waals surface area contributed by atoms with E-state index in [1.165, 1.54) is 16.5 Å². The molecule has 0 radical (unpaired) electrons. The Balaban J connectivity index is 1.13. The molecule has 2 aromatic carbocycles. The maximum atomic E-state index is 13.1. The first-order chi connectivity index (χ1) is 17.1. The summed E-state index contributed by atoms with van der Waals surface area (Å²) in [5.41, 5.74) is 1.71. The molecule has 0 aliphatic carbocycles. The number of benzene rings is 2. The minimum Gasteiger partial charge on any atom is -0.496 e. The second-order valence-corrected chi connectivity index (χ2v) is 9.38. The van der Waals surface area contributed by atoms with Gasteiger partial charge in [0.05, 0.1) is 30.1 Å². The Labute approximate surface area is 201 Å². The van der Waals surface area contributed by atoms with Crippen molar-refractivity contribution in [1.29, 1.82) is 0 Å². The Bertz CT molecular complexity index is 1510. The lowest BCUT2D eigenvalue weighted by Crippen LogP contribution is -2.35. The van der Waals surface area contributed by atoms with E-state index in [4.69, 9.17) is 9.47 Å².